The monoisotopic (exact) mass is 131 g/mol. The number of nitrogens with one attached hydrogen (secondary N) is 1. The lowest BCUT2D eigenvalue weighted by atomic mass is 10.1. The van der Waals surface area contributed by atoms with E-state index in [2.05, 4.69) is 5.32 Å². The third kappa shape index (κ3) is 2.31. The van der Waals surface area contributed by atoms with Crippen molar-refractivity contribution in [3.05, 3.63) is 0 Å². The summed E-state index contributed by atoms with van der Waals surface area (Å²) in [5.41, 5.74) is 0. The number of hydrogen-bond acceptors (Lipinski definition) is 1. The maximum absolute atomic E-state index is 12.0. The molecule has 1 unspecified atom stereocenters. The third-order valence-corrected chi connectivity index (χ3v) is 1.87. The minimum absolute atomic E-state index is 0.146. The van der Waals surface area contributed by atoms with Crippen LogP contribution in [-0.2, 0) is 0 Å². The fourth-order valence-corrected chi connectivity index (χ4v) is 1.22. The molecule has 0 bridgehead atoms. The SMILES string of the molecule is FCC1CCCCNC1. The van der Waals surface area contributed by atoms with Crippen LogP contribution < -0.4 is 5.32 Å². The Kier molecular flexibility index (Phi) is 2.98. The van der Waals surface area contributed by atoms with Crippen molar-refractivity contribution in [2.24, 2.45) is 5.92 Å². The van der Waals surface area contributed by atoms with Gasteiger partial charge in [-0.2, -0.15) is 0 Å². The molecule has 1 heterocycles. The summed E-state index contributed by atoms with van der Waals surface area (Å²) >= 11 is 0. The van der Waals surface area contributed by atoms with Crippen molar-refractivity contribution in [2.45, 2.75) is 19.3 Å². The molecule has 0 saturated carbocycles. The lowest BCUT2D eigenvalue weighted by Crippen LogP contribution is -2.21. The van der Waals surface area contributed by atoms with Crippen LogP contribution in [0, 0.1) is 5.92 Å². The van der Waals surface area contributed by atoms with E-state index in [1.165, 1.54) is 12.8 Å². The van der Waals surface area contributed by atoms with E-state index in [1.807, 2.05) is 0 Å². The number of alkyl halides is 1. The molecule has 0 radical (unpaired) electrons. The number of hydrogen-bond donors (Lipinski definition) is 1. The van der Waals surface area contributed by atoms with Crippen molar-refractivity contribution in [3.63, 3.8) is 0 Å². The average molecular weight is 131 g/mol. The molecule has 1 fully saturated rings. The first kappa shape index (κ1) is 7.00. The zero-order valence-corrected chi connectivity index (χ0v) is 5.70. The molecule has 0 spiro atoms. The summed E-state index contributed by atoms with van der Waals surface area (Å²) in [6.45, 7) is 1.82. The Morgan fingerprint density at radius 2 is 2.33 bits per heavy atom. The summed E-state index contributed by atoms with van der Waals surface area (Å²) in [6, 6.07) is 0. The molecular weight excluding hydrogens is 117 g/mol. The van der Waals surface area contributed by atoms with Crippen LogP contribution in [0.4, 0.5) is 4.39 Å². The molecule has 1 aliphatic heterocycles. The van der Waals surface area contributed by atoms with Gasteiger partial charge in [-0.3, -0.25) is 4.39 Å². The second-order valence-corrected chi connectivity index (χ2v) is 2.72. The van der Waals surface area contributed by atoms with E-state index < -0.39 is 0 Å². The van der Waals surface area contributed by atoms with Crippen molar-refractivity contribution in [1.29, 1.82) is 0 Å². The minimum atomic E-state index is -0.146. The summed E-state index contributed by atoms with van der Waals surface area (Å²) in [7, 11) is 0. The van der Waals surface area contributed by atoms with Crippen molar-refractivity contribution >= 4 is 0 Å². The van der Waals surface area contributed by atoms with Gasteiger partial charge in [0.15, 0.2) is 0 Å². The maximum Gasteiger partial charge on any atom is 0.0934 e. The van der Waals surface area contributed by atoms with Gasteiger partial charge in [-0.1, -0.05) is 6.42 Å². The molecule has 0 aromatic rings. The molecule has 0 aromatic carbocycles. The lowest BCUT2D eigenvalue weighted by Gasteiger charge is -2.06. The Morgan fingerprint density at radius 1 is 1.44 bits per heavy atom. The molecule has 1 N–H and O–H groups in total. The molecule has 0 aromatic heterocycles. The van der Waals surface area contributed by atoms with E-state index in [1.54, 1.807) is 0 Å². The van der Waals surface area contributed by atoms with Crippen LogP contribution in [0.15, 0.2) is 0 Å². The molecule has 1 aliphatic rings. The van der Waals surface area contributed by atoms with E-state index in [-0.39, 0.29) is 6.67 Å². The van der Waals surface area contributed by atoms with Gasteiger partial charge < -0.3 is 5.32 Å². The van der Waals surface area contributed by atoms with E-state index in [0.717, 1.165) is 19.5 Å². The summed E-state index contributed by atoms with van der Waals surface area (Å²) in [4.78, 5) is 0. The largest absolute Gasteiger partial charge is 0.316 e. The first-order valence-electron chi connectivity index (χ1n) is 3.70. The lowest BCUT2D eigenvalue weighted by molar-refractivity contribution is 0.343. The molecule has 1 nitrogen and oxygen atoms in total. The van der Waals surface area contributed by atoms with E-state index >= 15 is 0 Å². The van der Waals surface area contributed by atoms with Gasteiger partial charge in [0.25, 0.3) is 0 Å². The zero-order valence-electron chi connectivity index (χ0n) is 5.70. The Hall–Kier alpha value is -0.110. The van der Waals surface area contributed by atoms with Crippen LogP contribution >= 0.6 is 0 Å². The highest BCUT2D eigenvalue weighted by molar-refractivity contribution is 4.65. The van der Waals surface area contributed by atoms with Gasteiger partial charge in [-0.25, -0.2) is 0 Å². The molecule has 54 valence electrons. The standard InChI is InChI=1S/C7H14FN/c8-5-7-3-1-2-4-9-6-7/h7,9H,1-6H2. The van der Waals surface area contributed by atoms with Gasteiger partial charge in [0, 0.05) is 6.54 Å². The molecule has 0 aliphatic carbocycles. The van der Waals surface area contributed by atoms with Crippen LogP contribution in [0.25, 0.3) is 0 Å². The second kappa shape index (κ2) is 3.83. The van der Waals surface area contributed by atoms with Gasteiger partial charge >= 0.3 is 0 Å². The van der Waals surface area contributed by atoms with Gasteiger partial charge in [0.2, 0.25) is 0 Å². The van der Waals surface area contributed by atoms with E-state index in [9.17, 15) is 4.39 Å². The molecule has 1 atom stereocenters. The zero-order chi connectivity index (χ0) is 6.53. The molecule has 1 saturated heterocycles. The van der Waals surface area contributed by atoms with Crippen LogP contribution in [0.5, 0.6) is 0 Å². The number of halogens is 1. The average Bonchev–Trinajstić information content (AvgIpc) is 2.13. The first-order valence-corrected chi connectivity index (χ1v) is 3.70. The Morgan fingerprint density at radius 3 is 3.11 bits per heavy atom. The highest BCUT2D eigenvalue weighted by atomic mass is 19.1. The molecule has 2 heteroatoms. The maximum atomic E-state index is 12.0. The van der Waals surface area contributed by atoms with Gasteiger partial charge in [0.1, 0.15) is 0 Å². The van der Waals surface area contributed by atoms with Crippen LogP contribution in [0.2, 0.25) is 0 Å². The fourth-order valence-electron chi connectivity index (χ4n) is 1.22. The molecule has 9 heavy (non-hydrogen) atoms. The van der Waals surface area contributed by atoms with Gasteiger partial charge in [-0.15, -0.1) is 0 Å². The second-order valence-electron chi connectivity index (χ2n) is 2.72. The summed E-state index contributed by atoms with van der Waals surface area (Å²) < 4.78 is 12.0. The summed E-state index contributed by atoms with van der Waals surface area (Å²) in [6.07, 6.45) is 3.49. The van der Waals surface area contributed by atoms with Crippen molar-refractivity contribution in [2.75, 3.05) is 19.8 Å². The molecule has 1 rings (SSSR count). The fraction of sp³-hybridized carbons (Fsp3) is 1.00. The highest BCUT2D eigenvalue weighted by Crippen LogP contribution is 2.10. The first-order chi connectivity index (χ1) is 4.43. The predicted molar refractivity (Wildman–Crippen MR) is 36.2 cm³/mol. The summed E-state index contributed by atoms with van der Waals surface area (Å²) in [5.74, 6) is 0.299. The normalized spacial score (nSPS) is 29.7. The van der Waals surface area contributed by atoms with Gasteiger partial charge in [-0.05, 0) is 25.3 Å². The van der Waals surface area contributed by atoms with Crippen molar-refractivity contribution in [3.8, 4) is 0 Å². The molecular formula is C7H14FN. The third-order valence-electron chi connectivity index (χ3n) is 1.87. The van der Waals surface area contributed by atoms with Crippen LogP contribution in [0.1, 0.15) is 19.3 Å². The van der Waals surface area contributed by atoms with E-state index in [4.69, 9.17) is 0 Å². The Bertz CT molecular complexity index is 67.3. The van der Waals surface area contributed by atoms with Crippen molar-refractivity contribution in [1.82, 2.24) is 5.32 Å². The smallest absolute Gasteiger partial charge is 0.0934 e. The van der Waals surface area contributed by atoms with Crippen LogP contribution in [-0.4, -0.2) is 19.8 Å². The Labute approximate surface area is 55.6 Å². The minimum Gasteiger partial charge on any atom is -0.316 e. The summed E-state index contributed by atoms with van der Waals surface area (Å²) in [5, 5.41) is 3.21. The van der Waals surface area contributed by atoms with Gasteiger partial charge in [0.05, 0.1) is 6.67 Å². The van der Waals surface area contributed by atoms with E-state index in [0.29, 0.717) is 5.92 Å². The van der Waals surface area contributed by atoms with Crippen molar-refractivity contribution < 1.29 is 4.39 Å². The topological polar surface area (TPSA) is 12.0 Å². The predicted octanol–water partition coefficient (Wildman–Crippen LogP) is 1.35. The number of rotatable bonds is 1. The highest BCUT2D eigenvalue weighted by Gasteiger charge is 2.09. The van der Waals surface area contributed by atoms with Crippen LogP contribution in [0.3, 0.4) is 0 Å². The quantitative estimate of drug-likeness (QED) is 0.566. The Balaban J connectivity index is 2.18. The molecule has 0 amide bonds.